The Balaban J connectivity index is 0.000000304. The van der Waals surface area contributed by atoms with Crippen molar-refractivity contribution in [2.45, 2.75) is 62.6 Å². The molecule has 2 saturated heterocycles. The Labute approximate surface area is 230 Å². The van der Waals surface area contributed by atoms with Gasteiger partial charge in [0.2, 0.25) is 0 Å². The van der Waals surface area contributed by atoms with E-state index in [1.807, 2.05) is 24.3 Å². The number of benzene rings is 2. The zero-order valence-corrected chi connectivity index (χ0v) is 22.4. The van der Waals surface area contributed by atoms with Gasteiger partial charge in [-0.2, -0.15) is 0 Å². The molecule has 2 N–H and O–H groups in total. The molecule has 0 radical (unpaired) electrons. The van der Waals surface area contributed by atoms with Crippen LogP contribution in [-0.2, 0) is 41.6 Å². The van der Waals surface area contributed by atoms with Crippen molar-refractivity contribution >= 4 is 23.2 Å². The van der Waals surface area contributed by atoms with Gasteiger partial charge in [-0.05, 0) is 35.4 Å². The minimum absolute atomic E-state index is 0.189. The standard InChI is InChI=1S/C20H21Cl2FO4.C6H11FO4/c1-24-20-18(23)19(26-11-14-4-8-16(22)9-5-14)17(27-20)12-25-10-13-2-6-15(21)7-3-13;1-10-6-4(7)5(9)3(2-8)11-6/h2-9,17-20H,10-12H2,1H3;3-6,8-9H,2H2,1H3/t17-,18+,19-,20?;3-,4+,5-,6?/m11/s1. The van der Waals surface area contributed by atoms with Crippen molar-refractivity contribution in [3.05, 3.63) is 69.7 Å². The fraction of sp³-hybridized carbons (Fsp3) is 0.538. The van der Waals surface area contributed by atoms with Gasteiger partial charge in [0, 0.05) is 24.3 Å². The monoisotopic (exact) mass is 580 g/mol. The number of ether oxygens (including phenoxy) is 6. The van der Waals surface area contributed by atoms with Gasteiger partial charge in [-0.1, -0.05) is 47.5 Å². The highest BCUT2D eigenvalue weighted by Crippen LogP contribution is 2.29. The highest BCUT2D eigenvalue weighted by molar-refractivity contribution is 6.30. The molecule has 0 bridgehead atoms. The quantitative estimate of drug-likeness (QED) is 0.437. The van der Waals surface area contributed by atoms with Crippen molar-refractivity contribution in [1.82, 2.24) is 0 Å². The molecule has 2 unspecified atom stereocenters. The number of aliphatic hydroxyl groups is 2. The van der Waals surface area contributed by atoms with Crippen LogP contribution in [0.2, 0.25) is 10.0 Å². The average Bonchev–Trinajstić information content (AvgIpc) is 3.39. The summed E-state index contributed by atoms with van der Waals surface area (Å²) in [4.78, 5) is 0. The summed E-state index contributed by atoms with van der Waals surface area (Å²) in [5.74, 6) is 0. The van der Waals surface area contributed by atoms with E-state index in [2.05, 4.69) is 4.74 Å². The molecule has 0 spiro atoms. The first-order valence-corrected chi connectivity index (χ1v) is 12.6. The van der Waals surface area contributed by atoms with Crippen LogP contribution >= 0.6 is 23.2 Å². The molecule has 12 heteroatoms. The lowest BCUT2D eigenvalue weighted by molar-refractivity contribution is -0.147. The Morgan fingerprint density at radius 3 is 1.76 bits per heavy atom. The maximum absolute atomic E-state index is 14.6. The molecular weight excluding hydrogens is 549 g/mol. The molecule has 212 valence electrons. The van der Waals surface area contributed by atoms with Crippen molar-refractivity contribution in [2.24, 2.45) is 0 Å². The Morgan fingerprint density at radius 2 is 1.29 bits per heavy atom. The fourth-order valence-electron chi connectivity index (χ4n) is 3.88. The summed E-state index contributed by atoms with van der Waals surface area (Å²) in [6.45, 7) is 0.404. The van der Waals surface area contributed by atoms with Gasteiger partial charge in [-0.3, -0.25) is 0 Å². The Morgan fingerprint density at radius 1 is 0.789 bits per heavy atom. The van der Waals surface area contributed by atoms with Gasteiger partial charge in [0.15, 0.2) is 24.9 Å². The molecular formula is C26H32Cl2F2O8. The Hall–Kier alpha value is -1.44. The summed E-state index contributed by atoms with van der Waals surface area (Å²) in [7, 11) is 2.69. The molecule has 38 heavy (non-hydrogen) atoms. The summed E-state index contributed by atoms with van der Waals surface area (Å²) in [6, 6.07) is 14.6. The first-order valence-electron chi connectivity index (χ1n) is 11.9. The van der Waals surface area contributed by atoms with Gasteiger partial charge in [0.25, 0.3) is 0 Å². The van der Waals surface area contributed by atoms with E-state index in [0.717, 1.165) is 11.1 Å². The molecule has 8 nitrogen and oxygen atoms in total. The minimum atomic E-state index is -1.57. The predicted octanol–water partition coefficient (Wildman–Crippen LogP) is 3.85. The molecule has 2 aromatic rings. The van der Waals surface area contributed by atoms with Crippen LogP contribution in [0.25, 0.3) is 0 Å². The molecule has 2 fully saturated rings. The SMILES string of the molecule is COC1O[C@H](CO)[C@@H](O)[C@@H]1F.COC1O[C@H](COCc2ccc(Cl)cc2)[C@@H](OCc2ccc(Cl)cc2)[C@@H]1F. The topological polar surface area (TPSA) is 95.8 Å². The highest BCUT2D eigenvalue weighted by atomic mass is 35.5. The van der Waals surface area contributed by atoms with Crippen molar-refractivity contribution in [3.8, 4) is 0 Å². The van der Waals surface area contributed by atoms with E-state index < -0.39 is 55.9 Å². The van der Waals surface area contributed by atoms with E-state index in [-0.39, 0.29) is 13.2 Å². The third-order valence-electron chi connectivity index (χ3n) is 5.99. The van der Waals surface area contributed by atoms with Crippen LogP contribution in [0.3, 0.4) is 0 Å². The number of halogens is 4. The summed E-state index contributed by atoms with van der Waals surface area (Å²) in [5, 5.41) is 18.9. The normalized spacial score (nSPS) is 30.7. The largest absolute Gasteiger partial charge is 0.394 e. The number of aliphatic hydroxyl groups excluding tert-OH is 2. The molecule has 0 saturated carbocycles. The molecule has 0 amide bonds. The second kappa shape index (κ2) is 15.4. The van der Waals surface area contributed by atoms with Crippen LogP contribution < -0.4 is 0 Å². The number of hydrogen-bond donors (Lipinski definition) is 2. The zero-order valence-electron chi connectivity index (χ0n) is 20.9. The lowest BCUT2D eigenvalue weighted by Crippen LogP contribution is -2.35. The van der Waals surface area contributed by atoms with E-state index in [1.54, 1.807) is 24.3 Å². The van der Waals surface area contributed by atoms with Gasteiger partial charge >= 0.3 is 0 Å². The predicted molar refractivity (Wildman–Crippen MR) is 135 cm³/mol. The maximum Gasteiger partial charge on any atom is 0.191 e. The molecule has 0 aromatic heterocycles. The minimum Gasteiger partial charge on any atom is -0.394 e. The first-order chi connectivity index (χ1) is 18.3. The molecule has 2 aliphatic heterocycles. The number of rotatable bonds is 10. The molecule has 2 heterocycles. The number of alkyl halides is 2. The van der Waals surface area contributed by atoms with Gasteiger partial charge in [0.05, 0.1) is 26.4 Å². The van der Waals surface area contributed by atoms with Crippen LogP contribution in [0, 0.1) is 0 Å². The third-order valence-corrected chi connectivity index (χ3v) is 6.49. The molecule has 0 aliphatic carbocycles. The van der Waals surface area contributed by atoms with Crippen LogP contribution in [0.4, 0.5) is 8.78 Å². The van der Waals surface area contributed by atoms with Crippen LogP contribution in [0.15, 0.2) is 48.5 Å². The summed E-state index contributed by atoms with van der Waals surface area (Å²) < 4.78 is 58.9. The lowest BCUT2D eigenvalue weighted by atomic mass is 10.1. The first kappa shape index (κ1) is 31.1. The van der Waals surface area contributed by atoms with Crippen molar-refractivity contribution in [2.75, 3.05) is 27.4 Å². The summed E-state index contributed by atoms with van der Waals surface area (Å²) >= 11 is 11.7. The summed E-state index contributed by atoms with van der Waals surface area (Å²) in [6.07, 6.45) is -8.49. The third kappa shape index (κ3) is 8.53. The van der Waals surface area contributed by atoms with Crippen molar-refractivity contribution < 1.29 is 47.4 Å². The Kier molecular flexibility index (Phi) is 12.6. The van der Waals surface area contributed by atoms with Crippen molar-refractivity contribution in [1.29, 1.82) is 0 Å². The smallest absolute Gasteiger partial charge is 0.191 e. The average molecular weight is 581 g/mol. The second-order valence-electron chi connectivity index (χ2n) is 8.66. The van der Waals surface area contributed by atoms with Crippen LogP contribution in [0.1, 0.15) is 11.1 Å². The molecule has 2 aliphatic rings. The van der Waals surface area contributed by atoms with E-state index in [9.17, 15) is 8.78 Å². The van der Waals surface area contributed by atoms with Gasteiger partial charge in [-0.15, -0.1) is 0 Å². The van der Waals surface area contributed by atoms with Crippen LogP contribution in [0.5, 0.6) is 0 Å². The molecule has 8 atom stereocenters. The van der Waals surface area contributed by atoms with E-state index in [4.69, 9.17) is 57.1 Å². The molecule has 4 rings (SSSR count). The van der Waals surface area contributed by atoms with Crippen molar-refractivity contribution in [3.63, 3.8) is 0 Å². The van der Waals surface area contributed by atoms with Gasteiger partial charge in [-0.25, -0.2) is 8.78 Å². The van der Waals surface area contributed by atoms with E-state index in [1.165, 1.54) is 14.2 Å². The lowest BCUT2D eigenvalue weighted by Gasteiger charge is -2.20. The summed E-state index contributed by atoms with van der Waals surface area (Å²) in [5.41, 5.74) is 1.87. The fourth-order valence-corrected chi connectivity index (χ4v) is 4.13. The second-order valence-corrected chi connectivity index (χ2v) is 9.54. The number of methoxy groups -OCH3 is 2. The zero-order chi connectivity index (χ0) is 27.7. The highest BCUT2D eigenvalue weighted by Gasteiger charge is 2.46. The van der Waals surface area contributed by atoms with E-state index in [0.29, 0.717) is 16.7 Å². The van der Waals surface area contributed by atoms with Gasteiger partial charge < -0.3 is 38.6 Å². The van der Waals surface area contributed by atoms with Gasteiger partial charge in [0.1, 0.15) is 24.4 Å². The number of hydrogen-bond acceptors (Lipinski definition) is 8. The Bertz CT molecular complexity index is 937. The molecule has 2 aromatic carbocycles. The maximum atomic E-state index is 14.6. The van der Waals surface area contributed by atoms with Crippen LogP contribution in [-0.4, -0.2) is 87.0 Å². The van der Waals surface area contributed by atoms with E-state index >= 15 is 0 Å².